The van der Waals surface area contributed by atoms with E-state index >= 15 is 0 Å². The van der Waals surface area contributed by atoms with E-state index < -0.39 is 9.53 Å². The summed E-state index contributed by atoms with van der Waals surface area (Å²) in [6.45, 7) is 1.63. The van der Waals surface area contributed by atoms with Crippen molar-refractivity contribution in [2.45, 2.75) is 23.9 Å². The molecule has 1 atom stereocenters. The lowest BCUT2D eigenvalue weighted by Crippen LogP contribution is -2.38. The first-order chi connectivity index (χ1) is 5.13. The zero-order chi connectivity index (χ0) is 8.91. The molecule has 3 N–H and O–H groups in total. The standard InChI is InChI=1S/C7H15IO3/c1-2-3-7(4-9,5-10)6(8)11/h6,9-11H,2-5H2,1H3. The van der Waals surface area contributed by atoms with Crippen LogP contribution in [0, 0.1) is 5.41 Å². The van der Waals surface area contributed by atoms with Crippen LogP contribution in [-0.4, -0.2) is 32.6 Å². The van der Waals surface area contributed by atoms with E-state index in [4.69, 9.17) is 10.2 Å². The Labute approximate surface area is 80.6 Å². The Hall–Kier alpha value is 0.610. The molecule has 4 heteroatoms. The van der Waals surface area contributed by atoms with E-state index in [9.17, 15) is 5.11 Å². The minimum absolute atomic E-state index is 0.165. The Balaban J connectivity index is 4.20. The van der Waals surface area contributed by atoms with Crippen LogP contribution in [0.25, 0.3) is 0 Å². The van der Waals surface area contributed by atoms with E-state index in [1.807, 2.05) is 29.5 Å². The van der Waals surface area contributed by atoms with Gasteiger partial charge in [-0.05, 0) is 6.42 Å². The van der Waals surface area contributed by atoms with Gasteiger partial charge in [-0.25, -0.2) is 0 Å². The monoisotopic (exact) mass is 274 g/mol. The highest BCUT2D eigenvalue weighted by molar-refractivity contribution is 14.1. The number of alkyl halides is 1. The molecule has 3 nitrogen and oxygen atoms in total. The van der Waals surface area contributed by atoms with Crippen LogP contribution in [-0.2, 0) is 0 Å². The van der Waals surface area contributed by atoms with Crippen LogP contribution in [0.5, 0.6) is 0 Å². The first-order valence-electron chi connectivity index (χ1n) is 3.67. The topological polar surface area (TPSA) is 60.7 Å². The van der Waals surface area contributed by atoms with E-state index in [2.05, 4.69) is 0 Å². The van der Waals surface area contributed by atoms with Crippen molar-refractivity contribution in [2.24, 2.45) is 5.41 Å². The van der Waals surface area contributed by atoms with Crippen molar-refractivity contribution in [3.8, 4) is 0 Å². The molecule has 0 aromatic rings. The fraction of sp³-hybridized carbons (Fsp3) is 1.00. The second-order valence-corrected chi connectivity index (χ2v) is 3.94. The number of aliphatic hydroxyl groups is 3. The lowest BCUT2D eigenvalue weighted by atomic mass is 9.86. The molecule has 68 valence electrons. The van der Waals surface area contributed by atoms with E-state index in [1.165, 1.54) is 0 Å². The quantitative estimate of drug-likeness (QED) is 0.505. The molecule has 0 aliphatic carbocycles. The van der Waals surface area contributed by atoms with Gasteiger partial charge in [-0.15, -0.1) is 0 Å². The predicted octanol–water partition coefficient (Wildman–Crippen LogP) is 0.511. The molecule has 1 unspecified atom stereocenters. The van der Waals surface area contributed by atoms with Gasteiger partial charge in [0.15, 0.2) is 0 Å². The zero-order valence-corrected chi connectivity index (χ0v) is 8.78. The number of hydrogen-bond acceptors (Lipinski definition) is 3. The minimum Gasteiger partial charge on any atom is -0.396 e. The summed E-state index contributed by atoms with van der Waals surface area (Å²) in [7, 11) is 0. The van der Waals surface area contributed by atoms with Crippen molar-refractivity contribution < 1.29 is 15.3 Å². The van der Waals surface area contributed by atoms with Gasteiger partial charge in [-0.3, -0.25) is 0 Å². The third-order valence-corrected chi connectivity index (χ3v) is 3.20. The van der Waals surface area contributed by atoms with Gasteiger partial charge in [0.05, 0.1) is 18.6 Å². The molecule has 0 saturated heterocycles. The molecular formula is C7H15IO3. The van der Waals surface area contributed by atoms with Crippen LogP contribution in [0.1, 0.15) is 19.8 Å². The Kier molecular flexibility index (Phi) is 5.58. The van der Waals surface area contributed by atoms with Gasteiger partial charge in [-0.2, -0.15) is 0 Å². The molecule has 0 fully saturated rings. The van der Waals surface area contributed by atoms with Crippen LogP contribution in [0.2, 0.25) is 0 Å². The van der Waals surface area contributed by atoms with Gasteiger partial charge in [0.2, 0.25) is 0 Å². The molecule has 0 amide bonds. The largest absolute Gasteiger partial charge is 0.396 e. The van der Waals surface area contributed by atoms with Crippen molar-refractivity contribution >= 4 is 22.6 Å². The molecule has 0 bridgehead atoms. The van der Waals surface area contributed by atoms with Gasteiger partial charge in [0.1, 0.15) is 4.11 Å². The van der Waals surface area contributed by atoms with Crippen molar-refractivity contribution in [3.63, 3.8) is 0 Å². The van der Waals surface area contributed by atoms with Gasteiger partial charge in [0.25, 0.3) is 0 Å². The van der Waals surface area contributed by atoms with Crippen molar-refractivity contribution in [1.82, 2.24) is 0 Å². The molecule has 0 aromatic heterocycles. The first kappa shape index (κ1) is 11.6. The van der Waals surface area contributed by atoms with E-state index in [0.29, 0.717) is 6.42 Å². The maximum atomic E-state index is 9.26. The molecule has 0 rings (SSSR count). The number of rotatable bonds is 5. The van der Waals surface area contributed by atoms with Crippen molar-refractivity contribution in [3.05, 3.63) is 0 Å². The normalized spacial score (nSPS) is 15.0. The first-order valence-corrected chi connectivity index (χ1v) is 4.91. The number of halogens is 1. The lowest BCUT2D eigenvalue weighted by molar-refractivity contribution is -0.0103. The smallest absolute Gasteiger partial charge is 0.115 e. The van der Waals surface area contributed by atoms with Crippen molar-refractivity contribution in [1.29, 1.82) is 0 Å². The van der Waals surface area contributed by atoms with Gasteiger partial charge < -0.3 is 15.3 Å². The summed E-state index contributed by atoms with van der Waals surface area (Å²) in [5.74, 6) is 0. The molecule has 0 spiro atoms. The molecule has 11 heavy (non-hydrogen) atoms. The molecule has 0 aromatic carbocycles. The summed E-state index contributed by atoms with van der Waals surface area (Å²) in [4.78, 5) is 0. The molecule has 0 aliphatic rings. The highest BCUT2D eigenvalue weighted by Crippen LogP contribution is 2.30. The lowest BCUT2D eigenvalue weighted by Gasteiger charge is -2.31. The van der Waals surface area contributed by atoms with Crippen LogP contribution in [0.3, 0.4) is 0 Å². The fourth-order valence-electron chi connectivity index (χ4n) is 0.976. The number of aliphatic hydroxyl groups excluding tert-OH is 3. The Morgan fingerprint density at radius 1 is 1.36 bits per heavy atom. The summed E-state index contributed by atoms with van der Waals surface area (Å²) in [6.07, 6.45) is 1.49. The van der Waals surface area contributed by atoms with Gasteiger partial charge >= 0.3 is 0 Å². The zero-order valence-electron chi connectivity index (χ0n) is 6.63. The van der Waals surface area contributed by atoms with Crippen LogP contribution in [0.15, 0.2) is 0 Å². The Bertz CT molecular complexity index is 102. The molecule has 0 aliphatic heterocycles. The fourth-order valence-corrected chi connectivity index (χ4v) is 1.68. The summed E-state index contributed by atoms with van der Waals surface area (Å²) in [5.41, 5.74) is -0.713. The Morgan fingerprint density at radius 2 is 1.82 bits per heavy atom. The third-order valence-electron chi connectivity index (χ3n) is 1.88. The molecular weight excluding hydrogens is 259 g/mol. The second-order valence-electron chi connectivity index (χ2n) is 2.76. The van der Waals surface area contributed by atoms with Crippen molar-refractivity contribution in [2.75, 3.05) is 13.2 Å². The van der Waals surface area contributed by atoms with E-state index in [-0.39, 0.29) is 13.2 Å². The molecule has 0 radical (unpaired) electrons. The van der Waals surface area contributed by atoms with Gasteiger partial charge in [0, 0.05) is 0 Å². The maximum Gasteiger partial charge on any atom is 0.115 e. The third kappa shape index (κ3) is 2.85. The summed E-state index contributed by atoms with van der Waals surface area (Å²) in [5, 5.41) is 27.2. The highest BCUT2D eigenvalue weighted by atomic mass is 127. The Morgan fingerprint density at radius 3 is 1.91 bits per heavy atom. The summed E-state index contributed by atoms with van der Waals surface area (Å²) < 4.78 is -0.685. The average Bonchev–Trinajstić information content (AvgIpc) is 2.00. The van der Waals surface area contributed by atoms with Crippen LogP contribution >= 0.6 is 22.6 Å². The highest BCUT2D eigenvalue weighted by Gasteiger charge is 2.34. The maximum absolute atomic E-state index is 9.26. The summed E-state index contributed by atoms with van der Waals surface area (Å²) in [6, 6.07) is 0. The molecule has 0 saturated carbocycles. The predicted molar refractivity (Wildman–Crippen MR) is 51.5 cm³/mol. The minimum atomic E-state index is -0.713. The SMILES string of the molecule is CCCC(CO)(CO)C(O)I. The van der Waals surface area contributed by atoms with Crippen LogP contribution in [0.4, 0.5) is 0 Å². The van der Waals surface area contributed by atoms with Gasteiger partial charge in [-0.1, -0.05) is 35.9 Å². The molecule has 0 heterocycles. The average molecular weight is 274 g/mol. The summed E-state index contributed by atoms with van der Waals surface area (Å²) >= 11 is 1.82. The van der Waals surface area contributed by atoms with E-state index in [0.717, 1.165) is 6.42 Å². The second kappa shape index (κ2) is 5.29. The number of hydrogen-bond donors (Lipinski definition) is 3. The van der Waals surface area contributed by atoms with Crippen LogP contribution < -0.4 is 0 Å². The van der Waals surface area contributed by atoms with E-state index in [1.54, 1.807) is 0 Å².